The Morgan fingerprint density at radius 1 is 1.20 bits per heavy atom. The summed E-state index contributed by atoms with van der Waals surface area (Å²) in [5.74, 6) is 0.284. The molecule has 0 radical (unpaired) electrons. The molecule has 0 bridgehead atoms. The van der Waals surface area contributed by atoms with Crippen LogP contribution in [0.1, 0.15) is 15.9 Å². The third-order valence-electron chi connectivity index (χ3n) is 2.82. The number of nitrogens with zero attached hydrogens (tertiary/aromatic N) is 1. The highest BCUT2D eigenvalue weighted by Crippen LogP contribution is 2.24. The molecule has 0 aliphatic rings. The van der Waals surface area contributed by atoms with Crippen LogP contribution in [0.3, 0.4) is 0 Å². The van der Waals surface area contributed by atoms with Crippen LogP contribution < -0.4 is 10.1 Å². The maximum absolute atomic E-state index is 12.2. The summed E-state index contributed by atoms with van der Waals surface area (Å²) in [4.78, 5) is 12.2. The fraction of sp³-hybridized carbons (Fsp3) is 0.125. The van der Waals surface area contributed by atoms with Gasteiger partial charge >= 0.3 is 0 Å². The number of para-hydroxylation sites is 2. The number of aryl methyl sites for hydroxylation is 1. The smallest absolute Gasteiger partial charge is 0.256 e. The van der Waals surface area contributed by atoms with E-state index in [2.05, 4.69) is 5.32 Å². The van der Waals surface area contributed by atoms with Crippen LogP contribution in [0.5, 0.6) is 5.75 Å². The largest absolute Gasteiger partial charge is 0.477 e. The van der Waals surface area contributed by atoms with Crippen LogP contribution in [0.15, 0.2) is 48.5 Å². The fourth-order valence-corrected chi connectivity index (χ4v) is 1.82. The Morgan fingerprint density at radius 3 is 2.65 bits per heavy atom. The van der Waals surface area contributed by atoms with Crippen LogP contribution in [-0.2, 0) is 0 Å². The molecule has 0 aromatic heterocycles. The molecule has 0 aliphatic heterocycles. The molecular weight excluding hydrogens is 252 g/mol. The van der Waals surface area contributed by atoms with Gasteiger partial charge in [0.1, 0.15) is 11.8 Å². The number of amides is 1. The van der Waals surface area contributed by atoms with Crippen LogP contribution in [0.2, 0.25) is 0 Å². The van der Waals surface area contributed by atoms with Gasteiger partial charge in [0.05, 0.1) is 5.69 Å². The van der Waals surface area contributed by atoms with E-state index in [9.17, 15) is 4.79 Å². The monoisotopic (exact) mass is 266 g/mol. The van der Waals surface area contributed by atoms with E-state index in [4.69, 9.17) is 10.00 Å². The standard InChI is InChI=1S/C16H14N2O2/c1-12-6-2-3-7-13(12)16(19)18-14-8-4-5-9-15(14)20-11-10-17/h2-9H,11H2,1H3,(H,18,19). The van der Waals surface area contributed by atoms with Gasteiger partial charge < -0.3 is 10.1 Å². The Hall–Kier alpha value is -2.80. The summed E-state index contributed by atoms with van der Waals surface area (Å²) in [7, 11) is 0. The molecule has 2 aromatic carbocycles. The van der Waals surface area contributed by atoms with Gasteiger partial charge in [-0.1, -0.05) is 30.3 Å². The van der Waals surface area contributed by atoms with Gasteiger partial charge in [0, 0.05) is 5.56 Å². The SMILES string of the molecule is Cc1ccccc1C(=O)Nc1ccccc1OCC#N. The van der Waals surface area contributed by atoms with Crippen molar-refractivity contribution in [1.82, 2.24) is 0 Å². The minimum atomic E-state index is -0.198. The molecule has 0 spiro atoms. The second kappa shape index (κ2) is 6.39. The number of rotatable bonds is 4. The van der Waals surface area contributed by atoms with Crippen LogP contribution in [-0.4, -0.2) is 12.5 Å². The summed E-state index contributed by atoms with van der Waals surface area (Å²) in [6.07, 6.45) is 0. The van der Waals surface area contributed by atoms with Crippen molar-refractivity contribution in [3.63, 3.8) is 0 Å². The molecule has 2 rings (SSSR count). The molecule has 20 heavy (non-hydrogen) atoms. The van der Waals surface area contributed by atoms with Crippen molar-refractivity contribution in [2.24, 2.45) is 0 Å². The van der Waals surface area contributed by atoms with Gasteiger partial charge in [-0.25, -0.2) is 0 Å². The van der Waals surface area contributed by atoms with Gasteiger partial charge in [0.25, 0.3) is 5.91 Å². The van der Waals surface area contributed by atoms with Crippen LogP contribution in [0, 0.1) is 18.3 Å². The van der Waals surface area contributed by atoms with Crippen LogP contribution in [0.4, 0.5) is 5.69 Å². The minimum Gasteiger partial charge on any atom is -0.477 e. The lowest BCUT2D eigenvalue weighted by molar-refractivity contribution is 0.102. The first-order chi connectivity index (χ1) is 9.72. The molecule has 2 aromatic rings. The Bertz CT molecular complexity index is 660. The zero-order chi connectivity index (χ0) is 14.4. The predicted octanol–water partition coefficient (Wildman–Crippen LogP) is 3.15. The Labute approximate surface area is 117 Å². The molecule has 1 amide bonds. The maximum atomic E-state index is 12.2. The van der Waals surface area contributed by atoms with E-state index in [0.29, 0.717) is 17.0 Å². The van der Waals surface area contributed by atoms with Gasteiger partial charge in [0.15, 0.2) is 6.61 Å². The van der Waals surface area contributed by atoms with Gasteiger partial charge in [0.2, 0.25) is 0 Å². The number of carbonyl (C=O) groups is 1. The lowest BCUT2D eigenvalue weighted by Gasteiger charge is -2.11. The second-order valence-electron chi connectivity index (χ2n) is 4.21. The molecule has 0 fully saturated rings. The summed E-state index contributed by atoms with van der Waals surface area (Å²) in [5.41, 5.74) is 2.07. The minimum absolute atomic E-state index is 0.0583. The Kier molecular flexibility index (Phi) is 4.35. The quantitative estimate of drug-likeness (QED) is 0.924. The zero-order valence-electron chi connectivity index (χ0n) is 11.1. The number of nitrogens with one attached hydrogen (secondary N) is 1. The molecule has 1 N–H and O–H groups in total. The lowest BCUT2D eigenvalue weighted by atomic mass is 10.1. The molecule has 4 heteroatoms. The summed E-state index contributed by atoms with van der Waals surface area (Å²) in [5, 5.41) is 11.4. The molecule has 0 aliphatic carbocycles. The topological polar surface area (TPSA) is 62.1 Å². The molecule has 0 atom stereocenters. The van der Waals surface area contributed by atoms with E-state index in [1.165, 1.54) is 0 Å². The number of hydrogen-bond acceptors (Lipinski definition) is 3. The van der Waals surface area contributed by atoms with E-state index in [0.717, 1.165) is 5.56 Å². The molecule has 4 nitrogen and oxygen atoms in total. The van der Waals surface area contributed by atoms with Crippen molar-refractivity contribution in [2.75, 3.05) is 11.9 Å². The van der Waals surface area contributed by atoms with Gasteiger partial charge in [-0.3, -0.25) is 4.79 Å². The lowest BCUT2D eigenvalue weighted by Crippen LogP contribution is -2.14. The van der Waals surface area contributed by atoms with Gasteiger partial charge in [-0.05, 0) is 30.7 Å². The van der Waals surface area contributed by atoms with Crippen molar-refractivity contribution in [3.05, 3.63) is 59.7 Å². The number of nitriles is 1. The van der Waals surface area contributed by atoms with E-state index < -0.39 is 0 Å². The molecule has 100 valence electrons. The molecule has 0 saturated carbocycles. The first-order valence-corrected chi connectivity index (χ1v) is 6.18. The van der Waals surface area contributed by atoms with E-state index >= 15 is 0 Å². The molecular formula is C16H14N2O2. The van der Waals surface area contributed by atoms with Crippen molar-refractivity contribution >= 4 is 11.6 Å². The summed E-state index contributed by atoms with van der Waals surface area (Å²) in [6, 6.07) is 16.3. The summed E-state index contributed by atoms with van der Waals surface area (Å²) < 4.78 is 5.28. The highest BCUT2D eigenvalue weighted by molar-refractivity contribution is 6.05. The van der Waals surface area contributed by atoms with Crippen molar-refractivity contribution < 1.29 is 9.53 Å². The number of carbonyl (C=O) groups excluding carboxylic acids is 1. The van der Waals surface area contributed by atoms with E-state index in [1.54, 1.807) is 30.3 Å². The van der Waals surface area contributed by atoms with Crippen molar-refractivity contribution in [2.45, 2.75) is 6.92 Å². The van der Waals surface area contributed by atoms with E-state index in [1.807, 2.05) is 31.2 Å². The summed E-state index contributed by atoms with van der Waals surface area (Å²) in [6.45, 7) is 1.82. The van der Waals surface area contributed by atoms with Crippen molar-refractivity contribution in [3.8, 4) is 11.8 Å². The number of hydrogen-bond donors (Lipinski definition) is 1. The average Bonchev–Trinajstić information content (AvgIpc) is 2.46. The molecule has 0 saturated heterocycles. The highest BCUT2D eigenvalue weighted by atomic mass is 16.5. The third kappa shape index (κ3) is 3.15. The van der Waals surface area contributed by atoms with Gasteiger partial charge in [-0.2, -0.15) is 5.26 Å². The van der Waals surface area contributed by atoms with Crippen LogP contribution in [0.25, 0.3) is 0 Å². The van der Waals surface area contributed by atoms with E-state index in [-0.39, 0.29) is 12.5 Å². The maximum Gasteiger partial charge on any atom is 0.256 e. The predicted molar refractivity (Wildman–Crippen MR) is 76.7 cm³/mol. The van der Waals surface area contributed by atoms with Gasteiger partial charge in [-0.15, -0.1) is 0 Å². The number of anilines is 1. The highest BCUT2D eigenvalue weighted by Gasteiger charge is 2.11. The first-order valence-electron chi connectivity index (χ1n) is 6.18. The normalized spacial score (nSPS) is 9.60. The fourth-order valence-electron chi connectivity index (χ4n) is 1.82. The molecule has 0 heterocycles. The second-order valence-corrected chi connectivity index (χ2v) is 4.21. The third-order valence-corrected chi connectivity index (χ3v) is 2.82. The zero-order valence-corrected chi connectivity index (χ0v) is 11.1. The average molecular weight is 266 g/mol. The number of benzene rings is 2. The van der Waals surface area contributed by atoms with Crippen LogP contribution >= 0.6 is 0 Å². The number of ether oxygens (including phenoxy) is 1. The Morgan fingerprint density at radius 2 is 1.90 bits per heavy atom. The summed E-state index contributed by atoms with van der Waals surface area (Å²) >= 11 is 0. The van der Waals surface area contributed by atoms with Crippen molar-refractivity contribution in [1.29, 1.82) is 5.26 Å². The first kappa shape index (κ1) is 13.6. The molecule has 0 unspecified atom stereocenters. The Balaban J connectivity index is 2.20.